The predicted molar refractivity (Wildman–Crippen MR) is 54.4 cm³/mol. The maximum absolute atomic E-state index is 4.96. The number of benzene rings is 1. The Morgan fingerprint density at radius 1 is 1.58 bits per heavy atom. The van der Waals surface area contributed by atoms with Gasteiger partial charge in [-0.15, -0.1) is 0 Å². The highest BCUT2D eigenvalue weighted by Gasteiger charge is 1.99. The topological polar surface area (TPSA) is 9.23 Å². The number of hydrogen-bond acceptors (Lipinski definition) is 2. The van der Waals surface area contributed by atoms with Crippen molar-refractivity contribution in [3.8, 4) is 0 Å². The first-order valence-electron chi connectivity index (χ1n) is 3.74. The van der Waals surface area contributed by atoms with E-state index in [1.807, 2.05) is 18.2 Å². The molecule has 0 aliphatic carbocycles. The zero-order chi connectivity index (χ0) is 8.97. The Labute approximate surface area is 81.3 Å². The summed E-state index contributed by atoms with van der Waals surface area (Å²) in [4.78, 5) is 0. The highest BCUT2D eigenvalue weighted by atomic mass is 32.1. The van der Waals surface area contributed by atoms with Gasteiger partial charge in [-0.25, -0.2) is 0 Å². The Kier molecular flexibility index (Phi) is 3.43. The molecule has 3 radical (unpaired) electrons. The summed E-state index contributed by atoms with van der Waals surface area (Å²) in [6.07, 6.45) is 1.01. The normalized spacial score (nSPS) is 9.50. The number of aryl methyl sites for hydroxylation is 1. The van der Waals surface area contributed by atoms with Gasteiger partial charge < -0.3 is 4.43 Å². The van der Waals surface area contributed by atoms with Crippen LogP contribution in [0.2, 0.25) is 0 Å². The average molecular weight is 193 g/mol. The Balaban J connectivity index is 2.93. The smallest absolute Gasteiger partial charge is 0.342 e. The van der Waals surface area contributed by atoms with Crippen LogP contribution >= 0.6 is 12.2 Å². The maximum Gasteiger partial charge on any atom is 0.342 e. The molecule has 0 amide bonds. The Morgan fingerprint density at radius 3 is 2.92 bits per heavy atom. The molecule has 1 rings (SSSR count). The van der Waals surface area contributed by atoms with Gasteiger partial charge in [-0.1, -0.05) is 25.1 Å². The van der Waals surface area contributed by atoms with E-state index in [9.17, 15) is 0 Å². The Morgan fingerprint density at radius 2 is 2.33 bits per heavy atom. The first-order chi connectivity index (χ1) is 5.77. The lowest BCUT2D eigenvalue weighted by atomic mass is 10.1. The van der Waals surface area contributed by atoms with Gasteiger partial charge in [0.25, 0.3) is 0 Å². The van der Waals surface area contributed by atoms with E-state index in [0.717, 1.165) is 12.0 Å². The fourth-order valence-electron chi connectivity index (χ4n) is 0.977. The lowest BCUT2D eigenvalue weighted by Crippen LogP contribution is -2.00. The van der Waals surface area contributed by atoms with Crippen LogP contribution in [0.5, 0.6) is 0 Å². The van der Waals surface area contributed by atoms with Crippen LogP contribution in [-0.4, -0.2) is 15.5 Å². The van der Waals surface area contributed by atoms with Crippen molar-refractivity contribution in [3.05, 3.63) is 35.4 Å². The van der Waals surface area contributed by atoms with E-state index >= 15 is 0 Å². The molecule has 0 heterocycles. The van der Waals surface area contributed by atoms with E-state index < -0.39 is 0 Å². The molecule has 0 atom stereocenters. The summed E-state index contributed by atoms with van der Waals surface area (Å²) in [6, 6.07) is 8.01. The molecule has 0 spiro atoms. The van der Waals surface area contributed by atoms with Gasteiger partial charge >= 0.3 is 10.5 Å². The number of rotatable bonds is 2. The molecule has 12 heavy (non-hydrogen) atoms. The standard InChI is InChI=1S/C9H9OSSi/c1-2-7-4-3-5-8(6-7)9(11)10-12/h3-6H,2H2,1H3. The van der Waals surface area contributed by atoms with Crippen LogP contribution < -0.4 is 0 Å². The van der Waals surface area contributed by atoms with Gasteiger partial charge in [0.15, 0.2) is 5.05 Å². The van der Waals surface area contributed by atoms with E-state index in [4.69, 9.17) is 16.6 Å². The molecule has 61 valence electrons. The second kappa shape index (κ2) is 4.38. The minimum atomic E-state index is 0.474. The van der Waals surface area contributed by atoms with Crippen LogP contribution in [0, 0.1) is 0 Å². The van der Waals surface area contributed by atoms with Gasteiger partial charge in [0.1, 0.15) is 0 Å². The largest absolute Gasteiger partial charge is 0.533 e. The first-order valence-corrected chi connectivity index (χ1v) is 4.56. The third-order valence-corrected chi connectivity index (χ3v) is 2.33. The monoisotopic (exact) mass is 193 g/mol. The lowest BCUT2D eigenvalue weighted by molar-refractivity contribution is 0.632. The van der Waals surface area contributed by atoms with Crippen molar-refractivity contribution in [2.24, 2.45) is 0 Å². The van der Waals surface area contributed by atoms with E-state index in [1.54, 1.807) is 0 Å². The highest BCUT2D eigenvalue weighted by Crippen LogP contribution is 2.07. The highest BCUT2D eigenvalue weighted by molar-refractivity contribution is 7.80. The molecule has 1 aromatic rings. The van der Waals surface area contributed by atoms with Crippen LogP contribution in [0.3, 0.4) is 0 Å². The number of hydrogen-bond donors (Lipinski definition) is 0. The number of thiocarbonyl (C=S) groups is 1. The van der Waals surface area contributed by atoms with Crippen molar-refractivity contribution in [3.63, 3.8) is 0 Å². The van der Waals surface area contributed by atoms with Crippen LogP contribution in [0.4, 0.5) is 0 Å². The molecule has 3 heteroatoms. The third-order valence-electron chi connectivity index (χ3n) is 1.66. The maximum atomic E-state index is 4.96. The fraction of sp³-hybridized carbons (Fsp3) is 0.222. The van der Waals surface area contributed by atoms with Gasteiger partial charge in [-0.2, -0.15) is 0 Å². The quantitative estimate of drug-likeness (QED) is 0.525. The summed E-state index contributed by atoms with van der Waals surface area (Å²) in [7, 11) is 2.90. The second-order valence-corrected chi connectivity index (χ2v) is 3.02. The molecule has 0 unspecified atom stereocenters. The molecule has 0 aromatic heterocycles. The summed E-state index contributed by atoms with van der Waals surface area (Å²) >= 11 is 4.96. The molecule has 0 fully saturated rings. The lowest BCUT2D eigenvalue weighted by Gasteiger charge is -2.03. The molecule has 0 saturated carbocycles. The van der Waals surface area contributed by atoms with Gasteiger partial charge in [-0.3, -0.25) is 0 Å². The summed E-state index contributed by atoms with van der Waals surface area (Å²) in [6.45, 7) is 2.11. The Bertz CT molecular complexity index is 286. The molecular formula is C9H9OSSi. The molecule has 1 nitrogen and oxygen atoms in total. The average Bonchev–Trinajstić information content (AvgIpc) is 2.17. The van der Waals surface area contributed by atoms with Gasteiger partial charge in [-0.05, 0) is 30.3 Å². The molecule has 0 saturated heterocycles. The van der Waals surface area contributed by atoms with E-state index in [2.05, 4.69) is 23.5 Å². The van der Waals surface area contributed by atoms with Crippen molar-refractivity contribution in [2.75, 3.05) is 0 Å². The second-order valence-electron chi connectivity index (χ2n) is 2.44. The van der Waals surface area contributed by atoms with E-state index in [-0.39, 0.29) is 0 Å². The van der Waals surface area contributed by atoms with E-state index in [1.165, 1.54) is 5.56 Å². The summed E-state index contributed by atoms with van der Waals surface area (Å²) in [5.41, 5.74) is 2.21. The SMILES string of the molecule is CCc1cccc(C(=S)O[Si])c1. The van der Waals surface area contributed by atoms with Crippen molar-refractivity contribution < 1.29 is 4.43 Å². The summed E-state index contributed by atoms with van der Waals surface area (Å²) in [5, 5.41) is 0.474. The third kappa shape index (κ3) is 2.15. The van der Waals surface area contributed by atoms with Crippen molar-refractivity contribution >= 4 is 27.8 Å². The van der Waals surface area contributed by atoms with Gasteiger partial charge in [0.2, 0.25) is 0 Å². The van der Waals surface area contributed by atoms with E-state index in [0.29, 0.717) is 5.05 Å². The molecule has 1 aromatic carbocycles. The van der Waals surface area contributed by atoms with Crippen molar-refractivity contribution in [1.29, 1.82) is 0 Å². The molecule has 0 aliphatic rings. The van der Waals surface area contributed by atoms with Crippen LogP contribution in [0.25, 0.3) is 0 Å². The van der Waals surface area contributed by atoms with Crippen LogP contribution in [0.15, 0.2) is 24.3 Å². The van der Waals surface area contributed by atoms with Gasteiger partial charge in [0, 0.05) is 5.56 Å². The Hall–Kier alpha value is -0.673. The summed E-state index contributed by atoms with van der Waals surface area (Å²) < 4.78 is 4.77. The molecule has 0 aliphatic heterocycles. The first kappa shape index (κ1) is 9.42. The zero-order valence-electron chi connectivity index (χ0n) is 6.83. The molecule has 0 N–H and O–H groups in total. The fourth-order valence-corrected chi connectivity index (χ4v) is 1.22. The van der Waals surface area contributed by atoms with Gasteiger partial charge in [0.05, 0.1) is 0 Å². The minimum absolute atomic E-state index is 0.474. The minimum Gasteiger partial charge on any atom is -0.533 e. The van der Waals surface area contributed by atoms with Crippen LogP contribution in [0.1, 0.15) is 18.1 Å². The molecule has 0 bridgehead atoms. The zero-order valence-corrected chi connectivity index (χ0v) is 8.65. The van der Waals surface area contributed by atoms with Crippen LogP contribution in [-0.2, 0) is 10.8 Å². The van der Waals surface area contributed by atoms with Crippen molar-refractivity contribution in [2.45, 2.75) is 13.3 Å². The predicted octanol–water partition coefficient (Wildman–Crippen LogP) is 2.02. The summed E-state index contributed by atoms with van der Waals surface area (Å²) in [5.74, 6) is 0. The van der Waals surface area contributed by atoms with Crippen molar-refractivity contribution in [1.82, 2.24) is 0 Å². The molecular weight excluding hydrogens is 184 g/mol.